The van der Waals surface area contributed by atoms with Gasteiger partial charge in [0.1, 0.15) is 0 Å². The fraction of sp³-hybridized carbons (Fsp3) is 0.500. The van der Waals surface area contributed by atoms with Crippen molar-refractivity contribution in [1.29, 1.82) is 0 Å². The number of para-hydroxylation sites is 1. The number of anilines is 1. The number of hydrogen-bond acceptors (Lipinski definition) is 3. The number of rotatable bonds is 2. The van der Waals surface area contributed by atoms with E-state index in [1.165, 1.54) is 6.92 Å². The number of carbonyl (C=O) groups excluding carboxylic acids is 2. The zero-order valence-electron chi connectivity index (χ0n) is 12.3. The predicted octanol–water partition coefficient (Wildman–Crippen LogP) is 1.32. The maximum atomic E-state index is 12.8. The van der Waals surface area contributed by atoms with E-state index in [0.717, 1.165) is 37.2 Å². The molecule has 2 atom stereocenters. The molecule has 2 N–H and O–H groups in total. The summed E-state index contributed by atoms with van der Waals surface area (Å²) in [6, 6.07) is 8.13. The molecule has 2 heterocycles. The van der Waals surface area contributed by atoms with E-state index < -0.39 is 0 Å². The quantitative estimate of drug-likeness (QED) is 0.862. The van der Waals surface area contributed by atoms with E-state index in [9.17, 15) is 9.59 Å². The summed E-state index contributed by atoms with van der Waals surface area (Å²) in [6.07, 6.45) is 1.68. The second kappa shape index (κ2) is 5.76. The maximum Gasteiger partial charge on any atom is 0.230 e. The average Bonchev–Trinajstić information content (AvgIpc) is 2.93. The number of carbonyl (C=O) groups is 2. The average molecular weight is 287 g/mol. The SMILES string of the molecule is CC(=O)NC1CCN(C(=O)C2CCNc3ccccc32)C1. The highest BCUT2D eigenvalue weighted by molar-refractivity contribution is 5.86. The normalized spacial score (nSPS) is 24.1. The molecule has 0 aromatic heterocycles. The summed E-state index contributed by atoms with van der Waals surface area (Å²) in [5.41, 5.74) is 2.16. The highest BCUT2D eigenvalue weighted by Crippen LogP contribution is 2.33. The van der Waals surface area contributed by atoms with Gasteiger partial charge in [0.2, 0.25) is 11.8 Å². The molecule has 1 saturated heterocycles. The first-order valence-corrected chi connectivity index (χ1v) is 7.54. The zero-order valence-corrected chi connectivity index (χ0v) is 12.3. The number of benzene rings is 1. The first kappa shape index (κ1) is 13.9. The number of hydrogen-bond donors (Lipinski definition) is 2. The monoisotopic (exact) mass is 287 g/mol. The van der Waals surface area contributed by atoms with Gasteiger partial charge in [-0.1, -0.05) is 18.2 Å². The van der Waals surface area contributed by atoms with Gasteiger partial charge in [-0.05, 0) is 24.5 Å². The summed E-state index contributed by atoms with van der Waals surface area (Å²) in [5, 5.41) is 6.25. The van der Waals surface area contributed by atoms with Gasteiger partial charge in [-0.3, -0.25) is 9.59 Å². The molecule has 112 valence electrons. The molecule has 5 nitrogen and oxygen atoms in total. The summed E-state index contributed by atoms with van der Waals surface area (Å²) in [6.45, 7) is 3.71. The Kier molecular flexibility index (Phi) is 3.82. The first-order chi connectivity index (χ1) is 10.1. The van der Waals surface area contributed by atoms with E-state index in [4.69, 9.17) is 0 Å². The van der Waals surface area contributed by atoms with Gasteiger partial charge in [0, 0.05) is 38.3 Å². The Labute approximate surface area is 124 Å². The fourth-order valence-electron chi connectivity index (χ4n) is 3.31. The van der Waals surface area contributed by atoms with Gasteiger partial charge in [-0.25, -0.2) is 0 Å². The van der Waals surface area contributed by atoms with Crippen LogP contribution in [0.15, 0.2) is 24.3 Å². The Hall–Kier alpha value is -2.04. The van der Waals surface area contributed by atoms with Crippen LogP contribution in [0, 0.1) is 0 Å². The van der Waals surface area contributed by atoms with Gasteiger partial charge < -0.3 is 15.5 Å². The highest BCUT2D eigenvalue weighted by atomic mass is 16.2. The van der Waals surface area contributed by atoms with Crippen LogP contribution in [-0.2, 0) is 9.59 Å². The smallest absolute Gasteiger partial charge is 0.230 e. The van der Waals surface area contributed by atoms with E-state index >= 15 is 0 Å². The van der Waals surface area contributed by atoms with Crippen molar-refractivity contribution in [2.24, 2.45) is 0 Å². The second-order valence-electron chi connectivity index (χ2n) is 5.83. The Morgan fingerprint density at radius 1 is 1.29 bits per heavy atom. The van der Waals surface area contributed by atoms with E-state index in [1.54, 1.807) is 0 Å². The van der Waals surface area contributed by atoms with Gasteiger partial charge in [0.15, 0.2) is 0 Å². The molecule has 0 saturated carbocycles. The Morgan fingerprint density at radius 2 is 2.10 bits per heavy atom. The first-order valence-electron chi connectivity index (χ1n) is 7.54. The summed E-state index contributed by atoms with van der Waals surface area (Å²) < 4.78 is 0. The maximum absolute atomic E-state index is 12.8. The lowest BCUT2D eigenvalue weighted by Gasteiger charge is -2.29. The van der Waals surface area contributed by atoms with Crippen LogP contribution in [0.25, 0.3) is 0 Å². The number of nitrogens with one attached hydrogen (secondary N) is 2. The Morgan fingerprint density at radius 3 is 2.90 bits per heavy atom. The highest BCUT2D eigenvalue weighted by Gasteiger charge is 2.33. The van der Waals surface area contributed by atoms with Gasteiger partial charge in [-0.2, -0.15) is 0 Å². The molecule has 1 aromatic carbocycles. The minimum absolute atomic E-state index is 0.0264. The number of fused-ring (bicyclic) bond motifs is 1. The van der Waals surface area contributed by atoms with Crippen molar-refractivity contribution in [3.8, 4) is 0 Å². The third-order valence-electron chi connectivity index (χ3n) is 4.29. The Balaban J connectivity index is 1.71. The van der Waals surface area contributed by atoms with Crippen molar-refractivity contribution in [1.82, 2.24) is 10.2 Å². The van der Waals surface area contributed by atoms with Crippen LogP contribution in [0.4, 0.5) is 5.69 Å². The van der Waals surface area contributed by atoms with Crippen LogP contribution in [0.2, 0.25) is 0 Å². The largest absolute Gasteiger partial charge is 0.385 e. The minimum atomic E-state index is -0.0569. The molecule has 0 radical (unpaired) electrons. The summed E-state index contributed by atoms with van der Waals surface area (Å²) in [7, 11) is 0. The van der Waals surface area contributed by atoms with Crippen molar-refractivity contribution in [2.45, 2.75) is 31.7 Å². The number of likely N-dealkylation sites (tertiary alicyclic amines) is 1. The lowest BCUT2D eigenvalue weighted by molar-refractivity contribution is -0.132. The van der Waals surface area contributed by atoms with Gasteiger partial charge in [0.05, 0.1) is 5.92 Å². The van der Waals surface area contributed by atoms with Gasteiger partial charge in [-0.15, -0.1) is 0 Å². The molecule has 5 heteroatoms. The molecule has 21 heavy (non-hydrogen) atoms. The summed E-state index contributed by atoms with van der Waals surface area (Å²) in [4.78, 5) is 25.8. The van der Waals surface area contributed by atoms with Crippen molar-refractivity contribution in [3.63, 3.8) is 0 Å². The zero-order chi connectivity index (χ0) is 14.8. The third kappa shape index (κ3) is 2.86. The molecule has 0 spiro atoms. The summed E-state index contributed by atoms with van der Waals surface area (Å²) in [5.74, 6) is 0.108. The molecule has 0 aliphatic carbocycles. The van der Waals surface area contributed by atoms with E-state index in [0.29, 0.717) is 6.54 Å². The van der Waals surface area contributed by atoms with Gasteiger partial charge >= 0.3 is 0 Å². The van der Waals surface area contributed by atoms with Crippen molar-refractivity contribution in [2.75, 3.05) is 25.0 Å². The second-order valence-corrected chi connectivity index (χ2v) is 5.83. The van der Waals surface area contributed by atoms with Crippen LogP contribution >= 0.6 is 0 Å². The minimum Gasteiger partial charge on any atom is -0.385 e. The number of amides is 2. The topological polar surface area (TPSA) is 61.4 Å². The molecule has 1 aromatic rings. The molecule has 2 amide bonds. The van der Waals surface area contributed by atoms with Crippen molar-refractivity contribution >= 4 is 17.5 Å². The van der Waals surface area contributed by atoms with Crippen LogP contribution in [0.5, 0.6) is 0 Å². The predicted molar refractivity (Wildman–Crippen MR) is 81.1 cm³/mol. The van der Waals surface area contributed by atoms with E-state index in [1.807, 2.05) is 29.2 Å². The van der Waals surface area contributed by atoms with Crippen LogP contribution < -0.4 is 10.6 Å². The molecule has 0 bridgehead atoms. The van der Waals surface area contributed by atoms with E-state index in [2.05, 4.69) is 10.6 Å². The standard InChI is InChI=1S/C16H21N3O2/c1-11(20)18-12-7-9-19(10-12)16(21)14-6-8-17-15-5-3-2-4-13(14)15/h2-5,12,14,17H,6-10H2,1H3,(H,18,20). The van der Waals surface area contributed by atoms with Crippen molar-refractivity contribution < 1.29 is 9.59 Å². The van der Waals surface area contributed by atoms with Crippen LogP contribution in [0.1, 0.15) is 31.2 Å². The van der Waals surface area contributed by atoms with Crippen LogP contribution in [0.3, 0.4) is 0 Å². The fourth-order valence-corrected chi connectivity index (χ4v) is 3.31. The lowest BCUT2D eigenvalue weighted by Crippen LogP contribution is -2.40. The molecular formula is C16H21N3O2. The molecule has 2 aliphatic heterocycles. The summed E-state index contributed by atoms with van der Waals surface area (Å²) >= 11 is 0. The van der Waals surface area contributed by atoms with Gasteiger partial charge in [0.25, 0.3) is 0 Å². The lowest BCUT2D eigenvalue weighted by atomic mass is 9.90. The molecule has 1 fully saturated rings. The van der Waals surface area contributed by atoms with Crippen LogP contribution in [-0.4, -0.2) is 42.4 Å². The molecule has 2 aliphatic rings. The molecule has 2 unspecified atom stereocenters. The molecular weight excluding hydrogens is 266 g/mol. The molecule has 3 rings (SSSR count). The van der Waals surface area contributed by atoms with E-state index in [-0.39, 0.29) is 23.8 Å². The third-order valence-corrected chi connectivity index (χ3v) is 4.29. The number of nitrogens with zero attached hydrogens (tertiary/aromatic N) is 1. The Bertz CT molecular complexity index is 558. The van der Waals surface area contributed by atoms with Crippen molar-refractivity contribution in [3.05, 3.63) is 29.8 Å².